The Labute approximate surface area is 90.5 Å². The van der Waals surface area contributed by atoms with Gasteiger partial charge in [-0.15, -0.1) is 0 Å². The van der Waals surface area contributed by atoms with E-state index in [1.807, 2.05) is 0 Å². The van der Waals surface area contributed by atoms with Crippen molar-refractivity contribution in [3.05, 3.63) is 0 Å². The van der Waals surface area contributed by atoms with E-state index in [4.69, 9.17) is 5.84 Å². The van der Waals surface area contributed by atoms with Gasteiger partial charge in [-0.1, -0.05) is 0 Å². The minimum Gasteiger partial charge on any atom is -0.314 e. The molecule has 0 spiro atoms. The average molecular weight is 212 g/mol. The van der Waals surface area contributed by atoms with Gasteiger partial charge in [0.25, 0.3) is 0 Å². The van der Waals surface area contributed by atoms with Gasteiger partial charge in [-0.3, -0.25) is 21.1 Å². The minimum atomic E-state index is 0.376. The van der Waals surface area contributed by atoms with Crippen LogP contribution in [-0.2, 0) is 4.79 Å². The lowest BCUT2D eigenvalue weighted by molar-refractivity contribution is -0.119. The van der Waals surface area contributed by atoms with Crippen molar-refractivity contribution in [2.75, 3.05) is 26.2 Å². The zero-order chi connectivity index (χ0) is 10.9. The summed E-state index contributed by atoms with van der Waals surface area (Å²) < 4.78 is 0. The Kier molecular flexibility index (Phi) is 6.15. The third kappa shape index (κ3) is 5.61. The zero-order valence-electron chi connectivity index (χ0n) is 9.09. The molecule has 1 fully saturated rings. The predicted molar refractivity (Wildman–Crippen MR) is 60.8 cm³/mol. The molecule has 4 N–H and O–H groups in total. The van der Waals surface area contributed by atoms with Crippen LogP contribution in [0.2, 0.25) is 0 Å². The Morgan fingerprint density at radius 2 is 1.87 bits per heavy atom. The Morgan fingerprint density at radius 1 is 1.13 bits per heavy atom. The van der Waals surface area contributed by atoms with Gasteiger partial charge in [0.1, 0.15) is 5.78 Å². The van der Waals surface area contributed by atoms with Gasteiger partial charge in [-0.25, -0.2) is 0 Å². The third-order valence-electron chi connectivity index (χ3n) is 2.45. The molecule has 86 valence electrons. The molecular formula is C10H20N4O. The van der Waals surface area contributed by atoms with E-state index in [2.05, 4.69) is 15.7 Å². The highest BCUT2D eigenvalue weighted by Gasteiger charge is 2.12. The average Bonchev–Trinajstić information content (AvgIpc) is 2.26. The van der Waals surface area contributed by atoms with E-state index < -0.39 is 0 Å². The van der Waals surface area contributed by atoms with Crippen LogP contribution in [0.5, 0.6) is 0 Å². The minimum absolute atomic E-state index is 0.376. The van der Waals surface area contributed by atoms with E-state index in [0.29, 0.717) is 18.6 Å². The van der Waals surface area contributed by atoms with Crippen molar-refractivity contribution < 1.29 is 4.79 Å². The molecule has 0 saturated heterocycles. The second-order valence-corrected chi connectivity index (χ2v) is 3.69. The van der Waals surface area contributed by atoms with E-state index in [0.717, 1.165) is 39.0 Å². The maximum Gasteiger partial charge on any atom is 0.133 e. The monoisotopic (exact) mass is 212 g/mol. The number of hydrogen-bond donors (Lipinski definition) is 3. The SMILES string of the molecule is NNCCNCCN=C1CCC(=O)CC1. The number of carbonyl (C=O) groups is 1. The van der Waals surface area contributed by atoms with Crippen molar-refractivity contribution in [1.82, 2.24) is 10.7 Å². The van der Waals surface area contributed by atoms with Crippen LogP contribution in [0.3, 0.4) is 0 Å². The van der Waals surface area contributed by atoms with Crippen molar-refractivity contribution in [2.24, 2.45) is 10.8 Å². The van der Waals surface area contributed by atoms with Crippen LogP contribution >= 0.6 is 0 Å². The molecule has 0 unspecified atom stereocenters. The fraction of sp³-hybridized carbons (Fsp3) is 0.800. The summed E-state index contributed by atoms with van der Waals surface area (Å²) in [6.07, 6.45) is 3.10. The molecule has 15 heavy (non-hydrogen) atoms. The summed E-state index contributed by atoms with van der Waals surface area (Å²) in [5.41, 5.74) is 3.78. The van der Waals surface area contributed by atoms with Gasteiger partial charge in [-0.2, -0.15) is 0 Å². The Hall–Kier alpha value is -0.780. The van der Waals surface area contributed by atoms with Gasteiger partial charge in [0.2, 0.25) is 0 Å². The molecule has 0 atom stereocenters. The van der Waals surface area contributed by atoms with Crippen LogP contribution in [-0.4, -0.2) is 37.7 Å². The Bertz CT molecular complexity index is 215. The fourth-order valence-corrected chi connectivity index (χ4v) is 1.55. The summed E-state index contributed by atoms with van der Waals surface area (Å²) in [5.74, 6) is 5.50. The highest BCUT2D eigenvalue weighted by Crippen LogP contribution is 2.11. The Morgan fingerprint density at radius 3 is 2.53 bits per heavy atom. The number of nitrogens with one attached hydrogen (secondary N) is 2. The van der Waals surface area contributed by atoms with Crippen LogP contribution in [0, 0.1) is 0 Å². The molecular weight excluding hydrogens is 192 g/mol. The fourth-order valence-electron chi connectivity index (χ4n) is 1.55. The largest absolute Gasteiger partial charge is 0.314 e. The highest BCUT2D eigenvalue weighted by molar-refractivity contribution is 5.95. The van der Waals surface area contributed by atoms with Gasteiger partial charge < -0.3 is 5.32 Å². The van der Waals surface area contributed by atoms with Gasteiger partial charge in [0, 0.05) is 38.2 Å². The normalized spacial score (nSPS) is 16.9. The first-order valence-corrected chi connectivity index (χ1v) is 5.51. The van der Waals surface area contributed by atoms with Crippen LogP contribution in [0.4, 0.5) is 0 Å². The highest BCUT2D eigenvalue weighted by atomic mass is 16.1. The van der Waals surface area contributed by atoms with E-state index in [-0.39, 0.29) is 0 Å². The number of carbonyl (C=O) groups excluding carboxylic acids is 1. The second-order valence-electron chi connectivity index (χ2n) is 3.69. The Balaban J connectivity index is 2.02. The van der Waals surface area contributed by atoms with Gasteiger partial charge >= 0.3 is 0 Å². The number of hydrazine groups is 1. The maximum atomic E-state index is 11.0. The van der Waals surface area contributed by atoms with Crippen molar-refractivity contribution in [3.63, 3.8) is 0 Å². The molecule has 1 rings (SSSR count). The topological polar surface area (TPSA) is 79.5 Å². The molecule has 0 aromatic carbocycles. The van der Waals surface area contributed by atoms with Gasteiger partial charge in [-0.05, 0) is 12.8 Å². The molecule has 1 aliphatic carbocycles. The number of rotatable bonds is 6. The van der Waals surface area contributed by atoms with Crippen molar-refractivity contribution in [1.29, 1.82) is 0 Å². The van der Waals surface area contributed by atoms with Crippen molar-refractivity contribution in [3.8, 4) is 0 Å². The van der Waals surface area contributed by atoms with Crippen LogP contribution in [0.25, 0.3) is 0 Å². The molecule has 0 bridgehead atoms. The quantitative estimate of drug-likeness (QED) is 0.319. The van der Waals surface area contributed by atoms with E-state index in [1.165, 1.54) is 5.71 Å². The molecule has 0 radical (unpaired) electrons. The smallest absolute Gasteiger partial charge is 0.133 e. The van der Waals surface area contributed by atoms with Crippen molar-refractivity contribution >= 4 is 11.5 Å². The molecule has 0 heterocycles. The maximum absolute atomic E-state index is 11.0. The lowest BCUT2D eigenvalue weighted by Crippen LogP contribution is -2.32. The number of nitrogens with two attached hydrogens (primary N) is 1. The lowest BCUT2D eigenvalue weighted by Gasteiger charge is -2.11. The zero-order valence-corrected chi connectivity index (χ0v) is 9.09. The lowest BCUT2D eigenvalue weighted by atomic mass is 9.97. The van der Waals surface area contributed by atoms with Gasteiger partial charge in [0.15, 0.2) is 0 Å². The third-order valence-corrected chi connectivity index (χ3v) is 2.45. The van der Waals surface area contributed by atoms with E-state index in [1.54, 1.807) is 0 Å². The predicted octanol–water partition coefficient (Wildman–Crippen LogP) is -0.377. The summed E-state index contributed by atoms with van der Waals surface area (Å²) in [5, 5.41) is 3.22. The molecule has 1 saturated carbocycles. The number of Topliss-reactive ketones (excluding diaryl/α,β-unsaturated/α-hetero) is 1. The van der Waals surface area contributed by atoms with Crippen molar-refractivity contribution in [2.45, 2.75) is 25.7 Å². The summed E-state index contributed by atoms with van der Waals surface area (Å²) in [6.45, 7) is 3.30. The molecule has 0 aromatic heterocycles. The molecule has 1 aliphatic rings. The first-order valence-electron chi connectivity index (χ1n) is 5.51. The standard InChI is InChI=1S/C10H20N4O/c11-14-8-6-12-5-7-13-9-1-3-10(15)4-2-9/h12,14H,1-8,11H2. The number of nitrogens with zero attached hydrogens (tertiary/aromatic N) is 1. The summed E-state index contributed by atoms with van der Waals surface area (Å²) in [7, 11) is 0. The van der Waals surface area contributed by atoms with Crippen LogP contribution in [0.1, 0.15) is 25.7 Å². The van der Waals surface area contributed by atoms with Crippen LogP contribution < -0.4 is 16.6 Å². The summed E-state index contributed by atoms with van der Waals surface area (Å²) in [6, 6.07) is 0. The molecule has 0 amide bonds. The molecule has 5 heteroatoms. The first-order chi connectivity index (χ1) is 7.33. The number of ketones is 1. The molecule has 5 nitrogen and oxygen atoms in total. The summed E-state index contributed by atoms with van der Waals surface area (Å²) >= 11 is 0. The number of aliphatic imine (C=N–C) groups is 1. The first kappa shape index (κ1) is 12.3. The molecule has 0 aromatic rings. The summed E-state index contributed by atoms with van der Waals surface area (Å²) in [4.78, 5) is 15.4. The van der Waals surface area contributed by atoms with E-state index in [9.17, 15) is 4.79 Å². The molecule has 0 aliphatic heterocycles. The van der Waals surface area contributed by atoms with E-state index >= 15 is 0 Å². The number of hydrogen-bond acceptors (Lipinski definition) is 5. The second kappa shape index (κ2) is 7.50. The van der Waals surface area contributed by atoms with Gasteiger partial charge in [0.05, 0.1) is 6.54 Å². The van der Waals surface area contributed by atoms with Crippen LogP contribution in [0.15, 0.2) is 4.99 Å².